The molecule has 0 aliphatic carbocycles. The molecule has 3 aromatic rings. The van der Waals surface area contributed by atoms with Crippen molar-refractivity contribution in [2.24, 2.45) is 0 Å². The van der Waals surface area contributed by atoms with Crippen molar-refractivity contribution in [3.63, 3.8) is 0 Å². The van der Waals surface area contributed by atoms with Gasteiger partial charge in [0.05, 0.1) is 11.7 Å². The SMILES string of the molecule is C[C@@H](C(=O)Nc1ccc(F)cc1F)N1CCC(c2nnc3ccccn23)CC1. The molecule has 1 aromatic carbocycles. The van der Waals surface area contributed by atoms with Gasteiger partial charge in [0.1, 0.15) is 17.5 Å². The van der Waals surface area contributed by atoms with Crippen LogP contribution in [0.2, 0.25) is 0 Å². The number of halogens is 2. The second-order valence-electron chi connectivity index (χ2n) is 7.09. The van der Waals surface area contributed by atoms with E-state index >= 15 is 0 Å². The number of hydrogen-bond acceptors (Lipinski definition) is 4. The average molecular weight is 385 g/mol. The largest absolute Gasteiger partial charge is 0.322 e. The number of aromatic nitrogens is 3. The second kappa shape index (κ2) is 7.63. The molecule has 146 valence electrons. The fourth-order valence-corrected chi connectivity index (χ4v) is 3.68. The fraction of sp³-hybridized carbons (Fsp3) is 0.350. The van der Waals surface area contributed by atoms with E-state index in [0.29, 0.717) is 0 Å². The first-order chi connectivity index (χ1) is 13.5. The molecule has 2 aromatic heterocycles. The third kappa shape index (κ3) is 3.60. The standard InChI is InChI=1S/C20H21F2N5O/c1-13(20(28)23-17-6-5-15(21)12-16(17)22)26-10-7-14(8-11-26)19-25-24-18-4-2-3-9-27(18)19/h2-6,9,12-14H,7-8,10-11H2,1H3,(H,23,28)/t13-/m0/s1. The van der Waals surface area contributed by atoms with Crippen LogP contribution in [0.1, 0.15) is 31.5 Å². The maximum Gasteiger partial charge on any atom is 0.241 e. The minimum atomic E-state index is -0.780. The summed E-state index contributed by atoms with van der Waals surface area (Å²) in [5.41, 5.74) is 0.817. The summed E-state index contributed by atoms with van der Waals surface area (Å²) in [5, 5.41) is 11.1. The van der Waals surface area contributed by atoms with E-state index < -0.39 is 17.7 Å². The van der Waals surface area contributed by atoms with Crippen LogP contribution in [0.15, 0.2) is 42.6 Å². The number of carbonyl (C=O) groups is 1. The van der Waals surface area contributed by atoms with E-state index in [-0.39, 0.29) is 17.5 Å². The topological polar surface area (TPSA) is 62.5 Å². The lowest BCUT2D eigenvalue weighted by atomic mass is 9.95. The molecule has 1 atom stereocenters. The van der Waals surface area contributed by atoms with Crippen molar-refractivity contribution in [2.75, 3.05) is 18.4 Å². The molecule has 4 rings (SSSR count). The Hall–Kier alpha value is -2.87. The number of rotatable bonds is 4. The first kappa shape index (κ1) is 18.5. The quantitative estimate of drug-likeness (QED) is 0.749. The van der Waals surface area contributed by atoms with E-state index in [1.54, 1.807) is 6.92 Å². The highest BCUT2D eigenvalue weighted by Crippen LogP contribution is 2.28. The summed E-state index contributed by atoms with van der Waals surface area (Å²) in [6.45, 7) is 3.25. The molecular weight excluding hydrogens is 364 g/mol. The number of carbonyl (C=O) groups excluding carboxylic acids is 1. The molecule has 0 saturated carbocycles. The van der Waals surface area contributed by atoms with Crippen molar-refractivity contribution in [1.82, 2.24) is 19.5 Å². The normalized spacial score (nSPS) is 17.0. The molecule has 1 amide bonds. The summed E-state index contributed by atoms with van der Waals surface area (Å²) < 4.78 is 28.8. The zero-order valence-electron chi connectivity index (χ0n) is 15.5. The molecule has 1 aliphatic heterocycles. The van der Waals surface area contributed by atoms with Crippen molar-refractivity contribution < 1.29 is 13.6 Å². The first-order valence-corrected chi connectivity index (χ1v) is 9.32. The van der Waals surface area contributed by atoms with Crippen molar-refractivity contribution in [3.8, 4) is 0 Å². The van der Waals surface area contributed by atoms with Crippen LogP contribution in [0.25, 0.3) is 5.65 Å². The Bertz CT molecular complexity index is 997. The number of fused-ring (bicyclic) bond motifs is 1. The van der Waals surface area contributed by atoms with Gasteiger partial charge in [-0.1, -0.05) is 6.07 Å². The molecule has 1 N–H and O–H groups in total. The van der Waals surface area contributed by atoms with Gasteiger partial charge in [-0.3, -0.25) is 14.1 Å². The lowest BCUT2D eigenvalue weighted by Gasteiger charge is -2.34. The summed E-state index contributed by atoms with van der Waals surface area (Å²) in [7, 11) is 0. The van der Waals surface area contributed by atoms with E-state index in [4.69, 9.17) is 0 Å². The molecule has 1 aliphatic rings. The van der Waals surface area contributed by atoms with Crippen LogP contribution in [0.5, 0.6) is 0 Å². The number of piperidine rings is 1. The molecule has 0 unspecified atom stereocenters. The van der Waals surface area contributed by atoms with E-state index in [1.807, 2.05) is 28.8 Å². The Morgan fingerprint density at radius 3 is 2.71 bits per heavy atom. The molecule has 1 saturated heterocycles. The number of likely N-dealkylation sites (tertiary alicyclic amines) is 1. The highest BCUT2D eigenvalue weighted by Gasteiger charge is 2.29. The Labute approximate surface area is 161 Å². The van der Waals surface area contributed by atoms with Crippen LogP contribution in [-0.4, -0.2) is 44.5 Å². The molecule has 1 fully saturated rings. The highest BCUT2D eigenvalue weighted by atomic mass is 19.1. The Balaban J connectivity index is 1.38. The molecule has 0 bridgehead atoms. The summed E-state index contributed by atoms with van der Waals surface area (Å²) in [4.78, 5) is 14.6. The second-order valence-corrected chi connectivity index (χ2v) is 7.09. The van der Waals surface area contributed by atoms with Crippen LogP contribution in [0, 0.1) is 11.6 Å². The van der Waals surface area contributed by atoms with Crippen LogP contribution in [0.4, 0.5) is 14.5 Å². The van der Waals surface area contributed by atoms with Crippen molar-refractivity contribution in [3.05, 3.63) is 60.1 Å². The van der Waals surface area contributed by atoms with Crippen LogP contribution in [0.3, 0.4) is 0 Å². The number of benzene rings is 1. The molecule has 3 heterocycles. The third-order valence-corrected chi connectivity index (χ3v) is 5.35. The van der Waals surface area contributed by atoms with Crippen molar-refractivity contribution >= 4 is 17.2 Å². The minimum Gasteiger partial charge on any atom is -0.322 e. The molecule has 6 nitrogen and oxygen atoms in total. The molecular formula is C20H21F2N5O. The molecule has 28 heavy (non-hydrogen) atoms. The number of pyridine rings is 1. The van der Waals surface area contributed by atoms with E-state index in [1.165, 1.54) is 6.07 Å². The monoisotopic (exact) mass is 385 g/mol. The molecule has 8 heteroatoms. The number of nitrogens with one attached hydrogen (secondary N) is 1. The zero-order chi connectivity index (χ0) is 19.7. The number of nitrogens with zero attached hydrogens (tertiary/aromatic N) is 4. The Morgan fingerprint density at radius 2 is 1.96 bits per heavy atom. The van der Waals surface area contributed by atoms with Gasteiger partial charge < -0.3 is 5.32 Å². The van der Waals surface area contributed by atoms with Gasteiger partial charge in [0.2, 0.25) is 5.91 Å². The summed E-state index contributed by atoms with van der Waals surface area (Å²) in [5.74, 6) is -0.541. The molecule has 0 spiro atoms. The van der Waals surface area contributed by atoms with E-state index in [0.717, 1.165) is 49.5 Å². The predicted molar refractivity (Wildman–Crippen MR) is 101 cm³/mol. The van der Waals surface area contributed by atoms with Crippen molar-refractivity contribution in [1.29, 1.82) is 0 Å². The van der Waals surface area contributed by atoms with Crippen LogP contribution >= 0.6 is 0 Å². The number of hydrogen-bond donors (Lipinski definition) is 1. The van der Waals surface area contributed by atoms with E-state index in [2.05, 4.69) is 20.4 Å². The lowest BCUT2D eigenvalue weighted by Crippen LogP contribution is -2.46. The van der Waals surface area contributed by atoms with Gasteiger partial charge in [0.25, 0.3) is 0 Å². The lowest BCUT2D eigenvalue weighted by molar-refractivity contribution is -0.121. The van der Waals surface area contributed by atoms with Gasteiger partial charge in [-0.05, 0) is 57.1 Å². The zero-order valence-corrected chi connectivity index (χ0v) is 15.5. The van der Waals surface area contributed by atoms with Gasteiger partial charge in [0.15, 0.2) is 5.65 Å². The van der Waals surface area contributed by atoms with Crippen molar-refractivity contribution in [2.45, 2.75) is 31.7 Å². The maximum absolute atomic E-state index is 13.8. The smallest absolute Gasteiger partial charge is 0.241 e. The highest BCUT2D eigenvalue weighted by molar-refractivity contribution is 5.94. The maximum atomic E-state index is 13.8. The number of anilines is 1. The summed E-state index contributed by atoms with van der Waals surface area (Å²) >= 11 is 0. The predicted octanol–water partition coefficient (Wildman–Crippen LogP) is 3.21. The molecule has 0 radical (unpaired) electrons. The minimum absolute atomic E-state index is 0.0111. The number of amides is 1. The van der Waals surface area contributed by atoms with E-state index in [9.17, 15) is 13.6 Å². The first-order valence-electron chi connectivity index (χ1n) is 9.32. The average Bonchev–Trinajstić information content (AvgIpc) is 3.14. The van der Waals surface area contributed by atoms with Gasteiger partial charge in [-0.2, -0.15) is 0 Å². The van der Waals surface area contributed by atoms with Crippen LogP contribution < -0.4 is 5.32 Å². The van der Waals surface area contributed by atoms with Gasteiger partial charge in [-0.25, -0.2) is 8.78 Å². The third-order valence-electron chi connectivity index (χ3n) is 5.35. The Morgan fingerprint density at radius 1 is 1.18 bits per heavy atom. The summed E-state index contributed by atoms with van der Waals surface area (Å²) in [6.07, 6.45) is 3.68. The van der Waals surface area contributed by atoms with Gasteiger partial charge in [0, 0.05) is 18.2 Å². The Kier molecular flexibility index (Phi) is 5.04. The fourth-order valence-electron chi connectivity index (χ4n) is 3.68. The van der Waals surface area contributed by atoms with Crippen LogP contribution in [-0.2, 0) is 4.79 Å². The van der Waals surface area contributed by atoms with Gasteiger partial charge >= 0.3 is 0 Å². The summed E-state index contributed by atoms with van der Waals surface area (Å²) in [6, 6.07) is 8.51. The van der Waals surface area contributed by atoms with Gasteiger partial charge in [-0.15, -0.1) is 10.2 Å².